The van der Waals surface area contributed by atoms with Crippen molar-refractivity contribution in [1.82, 2.24) is 9.44 Å². The molecule has 97 valence electrons. The van der Waals surface area contributed by atoms with E-state index in [1.165, 1.54) is 45.6 Å². The highest BCUT2D eigenvalue weighted by Crippen LogP contribution is 2.07. The van der Waals surface area contributed by atoms with Gasteiger partial charge in [0.15, 0.2) is 0 Å². The van der Waals surface area contributed by atoms with Gasteiger partial charge in [0.1, 0.15) is 0 Å². The van der Waals surface area contributed by atoms with Gasteiger partial charge in [0.2, 0.25) is 0 Å². The third-order valence-corrected chi connectivity index (χ3v) is 3.60. The van der Waals surface area contributed by atoms with Crippen LogP contribution in [0.4, 0.5) is 0 Å². The topological polar surface area (TPSA) is 60.3 Å². The van der Waals surface area contributed by atoms with Gasteiger partial charge in [-0.25, -0.2) is 4.72 Å². The average molecular weight is 249 g/mol. The van der Waals surface area contributed by atoms with E-state index in [0.29, 0.717) is 6.54 Å². The molecule has 1 radical (unpaired) electrons. The van der Waals surface area contributed by atoms with Gasteiger partial charge in [-0.15, -0.1) is 4.72 Å². The monoisotopic (exact) mass is 249 g/mol. The zero-order valence-electron chi connectivity index (χ0n) is 10.5. The fourth-order valence-electron chi connectivity index (χ4n) is 1.52. The maximum absolute atomic E-state index is 10.9. The molecule has 1 N–H and O–H groups in total. The summed E-state index contributed by atoms with van der Waals surface area (Å²) in [5.41, 5.74) is 0. The van der Waals surface area contributed by atoms with Crippen LogP contribution < -0.4 is 9.44 Å². The second-order valence-electron chi connectivity index (χ2n) is 4.03. The number of nitrogens with zero attached hydrogens (tertiary/aromatic N) is 1. The summed E-state index contributed by atoms with van der Waals surface area (Å²) < 4.78 is 27.5. The Morgan fingerprint density at radius 3 is 1.94 bits per heavy atom. The van der Waals surface area contributed by atoms with E-state index in [2.05, 4.69) is 16.4 Å². The molecule has 16 heavy (non-hydrogen) atoms. The summed E-state index contributed by atoms with van der Waals surface area (Å²) in [6.45, 7) is 2.72. The number of rotatable bonds is 11. The molecule has 0 aromatic heterocycles. The molecule has 0 aromatic rings. The summed E-state index contributed by atoms with van der Waals surface area (Å²) in [4.78, 5) is 0. The lowest BCUT2D eigenvalue weighted by atomic mass is 10.1. The Hall–Kier alpha value is -0.130. The zero-order chi connectivity index (χ0) is 12.3. The molecule has 0 aliphatic heterocycles. The van der Waals surface area contributed by atoms with Crippen LogP contribution in [0.25, 0.3) is 0 Å². The lowest BCUT2D eigenvalue weighted by molar-refractivity contribution is 0.554. The molecular formula is C11H25N2O2S. The summed E-state index contributed by atoms with van der Waals surface area (Å²) in [5, 5.41) is 0. The van der Waals surface area contributed by atoms with Crippen LogP contribution in [-0.4, -0.2) is 22.0 Å². The Labute approximate surface area is 100 Å². The maximum atomic E-state index is 10.9. The van der Waals surface area contributed by atoms with Crippen molar-refractivity contribution < 1.29 is 8.42 Å². The lowest BCUT2D eigenvalue weighted by Gasteiger charge is -2.03. The zero-order valence-corrected chi connectivity index (χ0v) is 11.4. The van der Waals surface area contributed by atoms with E-state index in [-0.39, 0.29) is 0 Å². The summed E-state index contributed by atoms with van der Waals surface area (Å²) >= 11 is 0. The van der Waals surface area contributed by atoms with Crippen molar-refractivity contribution >= 4 is 10.2 Å². The van der Waals surface area contributed by atoms with Crippen molar-refractivity contribution in [3.05, 3.63) is 0 Å². The third-order valence-electron chi connectivity index (χ3n) is 2.56. The van der Waals surface area contributed by atoms with Crippen molar-refractivity contribution in [2.45, 2.75) is 58.3 Å². The first-order chi connectivity index (χ1) is 7.62. The van der Waals surface area contributed by atoms with Gasteiger partial charge in [-0.2, -0.15) is 8.42 Å². The van der Waals surface area contributed by atoms with Gasteiger partial charge in [-0.3, -0.25) is 0 Å². The Kier molecular flexibility index (Phi) is 9.97. The van der Waals surface area contributed by atoms with Gasteiger partial charge in [-0.05, 0) is 6.42 Å². The van der Waals surface area contributed by atoms with Crippen LogP contribution >= 0.6 is 0 Å². The minimum Gasteiger partial charge on any atom is -0.201 e. The van der Waals surface area contributed by atoms with E-state index >= 15 is 0 Å². The van der Waals surface area contributed by atoms with E-state index in [0.717, 1.165) is 12.8 Å². The molecule has 0 fully saturated rings. The first-order valence-electron chi connectivity index (χ1n) is 6.23. The second-order valence-corrected chi connectivity index (χ2v) is 5.63. The van der Waals surface area contributed by atoms with Crippen molar-refractivity contribution in [3.63, 3.8) is 0 Å². The van der Waals surface area contributed by atoms with Gasteiger partial charge in [0.05, 0.1) is 0 Å². The minimum absolute atomic E-state index is 0.509. The van der Waals surface area contributed by atoms with Gasteiger partial charge in [-0.1, -0.05) is 51.9 Å². The molecule has 0 atom stereocenters. The standard InChI is InChI=1S/C11H25N2O2S/c1-3-4-5-6-7-8-9-10-11-13-16(14,15)12-2/h13H,3-11H2,1-2H3. The number of nitrogens with one attached hydrogen (secondary N) is 1. The molecule has 0 bridgehead atoms. The normalized spacial score (nSPS) is 11.9. The number of hydrogen-bond acceptors (Lipinski definition) is 2. The lowest BCUT2D eigenvalue weighted by Crippen LogP contribution is -2.30. The number of unbranched alkanes of at least 4 members (excludes halogenated alkanes) is 7. The van der Waals surface area contributed by atoms with Crippen LogP contribution in [0.1, 0.15) is 58.3 Å². The molecule has 0 heterocycles. The molecule has 0 aromatic carbocycles. The first-order valence-corrected chi connectivity index (χ1v) is 7.67. The molecule has 0 rings (SSSR count). The summed E-state index contributed by atoms with van der Waals surface area (Å²) in [7, 11) is -2.06. The molecule has 0 saturated heterocycles. The van der Waals surface area contributed by atoms with Gasteiger partial charge >= 0.3 is 0 Å². The molecule has 4 nitrogen and oxygen atoms in total. The van der Waals surface area contributed by atoms with Crippen LogP contribution in [0.3, 0.4) is 0 Å². The fourth-order valence-corrected chi connectivity index (χ4v) is 2.06. The Morgan fingerprint density at radius 2 is 1.44 bits per heavy atom. The highest BCUT2D eigenvalue weighted by atomic mass is 32.2. The second kappa shape index (κ2) is 10.1. The first kappa shape index (κ1) is 15.9. The SMILES string of the molecule is CCCCCCCCCCNS(=O)(=O)[N]C. The van der Waals surface area contributed by atoms with Crippen LogP contribution in [0, 0.1) is 0 Å². The predicted octanol–water partition coefficient (Wildman–Crippen LogP) is 2.20. The van der Waals surface area contributed by atoms with Crippen molar-refractivity contribution in [2.75, 3.05) is 13.6 Å². The Morgan fingerprint density at radius 1 is 0.938 bits per heavy atom. The van der Waals surface area contributed by atoms with E-state index in [9.17, 15) is 8.42 Å². The Balaban J connectivity index is 3.16. The molecular weight excluding hydrogens is 224 g/mol. The fraction of sp³-hybridized carbons (Fsp3) is 1.00. The van der Waals surface area contributed by atoms with Gasteiger partial charge < -0.3 is 0 Å². The predicted molar refractivity (Wildman–Crippen MR) is 67.6 cm³/mol. The van der Waals surface area contributed by atoms with E-state index in [1.807, 2.05) is 0 Å². The maximum Gasteiger partial charge on any atom is 0.293 e. The molecule has 0 spiro atoms. The van der Waals surface area contributed by atoms with Crippen LogP contribution in [0.15, 0.2) is 0 Å². The van der Waals surface area contributed by atoms with Crippen molar-refractivity contribution in [1.29, 1.82) is 0 Å². The summed E-state index contributed by atoms with van der Waals surface area (Å²) in [5.74, 6) is 0. The van der Waals surface area contributed by atoms with Crippen molar-refractivity contribution in [2.24, 2.45) is 0 Å². The van der Waals surface area contributed by atoms with Crippen LogP contribution in [-0.2, 0) is 10.2 Å². The molecule has 0 aliphatic rings. The van der Waals surface area contributed by atoms with Gasteiger partial charge in [0, 0.05) is 13.6 Å². The number of hydrogen-bond donors (Lipinski definition) is 1. The van der Waals surface area contributed by atoms with E-state index < -0.39 is 10.2 Å². The highest BCUT2D eigenvalue weighted by Gasteiger charge is 2.04. The molecule has 0 amide bonds. The quantitative estimate of drug-likeness (QED) is 0.571. The smallest absolute Gasteiger partial charge is 0.201 e. The molecule has 0 aliphatic carbocycles. The summed E-state index contributed by atoms with van der Waals surface area (Å²) in [6.07, 6.45) is 9.72. The molecule has 0 saturated carbocycles. The largest absolute Gasteiger partial charge is 0.293 e. The Bertz CT molecular complexity index is 240. The average Bonchev–Trinajstić information content (AvgIpc) is 2.27. The summed E-state index contributed by atoms with van der Waals surface area (Å²) in [6, 6.07) is 0. The molecule has 0 unspecified atom stereocenters. The third kappa shape index (κ3) is 10.4. The van der Waals surface area contributed by atoms with E-state index in [1.54, 1.807) is 0 Å². The molecule has 5 heteroatoms. The van der Waals surface area contributed by atoms with Crippen LogP contribution in [0.5, 0.6) is 0 Å². The van der Waals surface area contributed by atoms with Gasteiger partial charge in [0.25, 0.3) is 10.2 Å². The van der Waals surface area contributed by atoms with Crippen LogP contribution in [0.2, 0.25) is 0 Å². The highest BCUT2D eigenvalue weighted by molar-refractivity contribution is 7.87. The van der Waals surface area contributed by atoms with Crippen molar-refractivity contribution in [3.8, 4) is 0 Å². The minimum atomic E-state index is -3.35. The van der Waals surface area contributed by atoms with E-state index in [4.69, 9.17) is 0 Å².